The second kappa shape index (κ2) is 59.9. The van der Waals surface area contributed by atoms with Crippen molar-refractivity contribution < 1.29 is 28.6 Å². The Kier molecular flexibility index (Phi) is 56.8. The first-order valence-electron chi connectivity index (χ1n) is 30.2. The third-order valence-corrected chi connectivity index (χ3v) is 12.8. The van der Waals surface area contributed by atoms with E-state index in [2.05, 4.69) is 118 Å². The van der Waals surface area contributed by atoms with Gasteiger partial charge in [-0.25, -0.2) is 0 Å². The second-order valence-corrected chi connectivity index (χ2v) is 19.9. The van der Waals surface area contributed by atoms with Crippen molar-refractivity contribution in [2.45, 2.75) is 290 Å². The molecule has 0 amide bonds. The van der Waals surface area contributed by atoms with Gasteiger partial charge in [-0.05, 0) is 103 Å². The highest BCUT2D eigenvalue weighted by Crippen LogP contribution is 2.15. The normalized spacial score (nSPS) is 12.8. The predicted octanol–water partition coefficient (Wildman–Crippen LogP) is 20.5. The smallest absolute Gasteiger partial charge is 0.306 e. The number of hydrogen-bond donors (Lipinski definition) is 0. The number of carbonyl (C=O) groups excluding carboxylic acids is 3. The van der Waals surface area contributed by atoms with Gasteiger partial charge in [-0.3, -0.25) is 14.4 Å². The van der Waals surface area contributed by atoms with Crippen LogP contribution in [0.1, 0.15) is 284 Å². The fraction of sp³-hybridized carbons (Fsp3) is 0.712. The number of esters is 3. The largest absolute Gasteiger partial charge is 0.462 e. The predicted molar refractivity (Wildman–Crippen MR) is 311 cm³/mol. The molecule has 0 rings (SSSR count). The van der Waals surface area contributed by atoms with Crippen LogP contribution in [0.2, 0.25) is 0 Å². The molecule has 0 aromatic carbocycles. The summed E-state index contributed by atoms with van der Waals surface area (Å²) in [6.07, 6.45) is 80.0. The molecule has 0 aromatic rings. The molecule has 0 N–H and O–H groups in total. The molecule has 0 aliphatic rings. The zero-order chi connectivity index (χ0) is 52.2. The van der Waals surface area contributed by atoms with Crippen molar-refractivity contribution in [1.82, 2.24) is 0 Å². The van der Waals surface area contributed by atoms with Crippen molar-refractivity contribution >= 4 is 17.9 Å². The first-order valence-corrected chi connectivity index (χ1v) is 30.2. The van der Waals surface area contributed by atoms with Crippen LogP contribution in [-0.2, 0) is 28.6 Å². The van der Waals surface area contributed by atoms with Crippen molar-refractivity contribution in [3.8, 4) is 0 Å². The maximum atomic E-state index is 12.8. The van der Waals surface area contributed by atoms with Gasteiger partial charge in [0.05, 0.1) is 0 Å². The fourth-order valence-corrected chi connectivity index (χ4v) is 8.30. The lowest BCUT2D eigenvalue weighted by molar-refractivity contribution is -0.167. The molecule has 0 aliphatic carbocycles. The Hall–Kier alpha value is -3.67. The molecule has 0 saturated heterocycles. The Morgan fingerprint density at radius 2 is 0.542 bits per heavy atom. The first kappa shape index (κ1) is 68.3. The van der Waals surface area contributed by atoms with E-state index in [4.69, 9.17) is 14.2 Å². The second-order valence-electron chi connectivity index (χ2n) is 19.9. The molecule has 1 unspecified atom stereocenters. The average Bonchev–Trinajstić information content (AvgIpc) is 3.38. The third-order valence-electron chi connectivity index (χ3n) is 12.8. The summed E-state index contributed by atoms with van der Waals surface area (Å²) in [7, 11) is 0. The van der Waals surface area contributed by atoms with Gasteiger partial charge in [-0.15, -0.1) is 0 Å². The highest BCUT2D eigenvalue weighted by molar-refractivity contribution is 5.71. The molecule has 0 aliphatic heterocycles. The van der Waals surface area contributed by atoms with Gasteiger partial charge in [0.25, 0.3) is 0 Å². The van der Waals surface area contributed by atoms with Crippen LogP contribution in [0, 0.1) is 0 Å². The van der Waals surface area contributed by atoms with Crippen molar-refractivity contribution in [2.75, 3.05) is 13.2 Å². The summed E-state index contributed by atoms with van der Waals surface area (Å²) in [5.41, 5.74) is 0. The Morgan fingerprint density at radius 3 is 0.861 bits per heavy atom. The lowest BCUT2D eigenvalue weighted by Crippen LogP contribution is -2.30. The van der Waals surface area contributed by atoms with Crippen molar-refractivity contribution in [1.29, 1.82) is 0 Å². The van der Waals surface area contributed by atoms with E-state index in [1.54, 1.807) is 0 Å². The van der Waals surface area contributed by atoms with Crippen LogP contribution in [0.4, 0.5) is 0 Å². The first-order chi connectivity index (χ1) is 35.5. The number of carbonyl (C=O) groups is 3. The quantitative estimate of drug-likeness (QED) is 0.0261. The van der Waals surface area contributed by atoms with Crippen LogP contribution in [0.15, 0.2) is 97.2 Å². The minimum Gasteiger partial charge on any atom is -0.462 e. The lowest BCUT2D eigenvalue weighted by atomic mass is 10.1. The van der Waals surface area contributed by atoms with E-state index in [-0.39, 0.29) is 31.1 Å². The number of ether oxygens (including phenoxy) is 3. The van der Waals surface area contributed by atoms with Gasteiger partial charge >= 0.3 is 17.9 Å². The summed E-state index contributed by atoms with van der Waals surface area (Å²) in [5, 5.41) is 0. The summed E-state index contributed by atoms with van der Waals surface area (Å²) >= 11 is 0. The van der Waals surface area contributed by atoms with Gasteiger partial charge < -0.3 is 14.2 Å². The molecule has 6 heteroatoms. The molecule has 0 saturated carbocycles. The van der Waals surface area contributed by atoms with E-state index in [0.717, 1.165) is 109 Å². The Morgan fingerprint density at radius 1 is 0.292 bits per heavy atom. The van der Waals surface area contributed by atoms with Gasteiger partial charge in [-0.1, -0.05) is 259 Å². The van der Waals surface area contributed by atoms with Gasteiger partial charge in [0, 0.05) is 19.3 Å². The van der Waals surface area contributed by atoms with Crippen LogP contribution in [-0.4, -0.2) is 37.2 Å². The standard InChI is InChI=1S/C66H112O6/c1-4-7-10-13-16-18-20-22-24-26-28-29-30-31-32-33-34-35-36-37-38-40-41-43-45-47-50-53-56-59-65(68)71-62-63(61-70-64(67)58-55-52-49-15-12-9-6-3)72-66(69)60-57-54-51-48-46-44-42-39-27-25-23-21-19-17-14-11-8-5-2/h7,10,16,18,22,24-25,27-29,31-32,34-35,37-38,63H,4-6,8-9,11-15,17,19-21,23,26,30,33,36,39-62H2,1-3H3/b10-7-,18-16-,24-22-,27-25-,29-28-,32-31-,35-34-,38-37-. The summed E-state index contributed by atoms with van der Waals surface area (Å²) in [6.45, 7) is 6.48. The minimum atomic E-state index is -0.782. The Labute approximate surface area is 445 Å². The highest BCUT2D eigenvalue weighted by atomic mass is 16.6. The molecule has 0 heterocycles. The van der Waals surface area contributed by atoms with Crippen molar-refractivity contribution in [3.63, 3.8) is 0 Å². The van der Waals surface area contributed by atoms with Crippen LogP contribution in [0.5, 0.6) is 0 Å². The molecule has 0 fully saturated rings. The molecule has 0 aromatic heterocycles. The number of allylic oxidation sites excluding steroid dienone is 16. The maximum Gasteiger partial charge on any atom is 0.306 e. The average molecular weight is 1000 g/mol. The number of unbranched alkanes of at least 4 members (excludes halogenated alkanes) is 27. The molecule has 0 radical (unpaired) electrons. The van der Waals surface area contributed by atoms with Crippen molar-refractivity contribution in [2.24, 2.45) is 0 Å². The van der Waals surface area contributed by atoms with E-state index in [1.807, 2.05) is 0 Å². The SMILES string of the molecule is CC/C=C\C/C=C\C/C=C\C/C=C\C/C=C\C/C=C\C/C=C\CCCCCCCCCC(=O)OCC(COC(=O)CCCCCCCCC)OC(=O)CCCCCCCCC/C=C\CCCCCCCCC. The summed E-state index contributed by atoms with van der Waals surface area (Å²) < 4.78 is 16.8. The van der Waals surface area contributed by atoms with Crippen LogP contribution >= 0.6 is 0 Å². The number of rotatable bonds is 54. The molecule has 1 atom stereocenters. The molecule has 0 bridgehead atoms. The molecular weight excluding hydrogens is 889 g/mol. The lowest BCUT2D eigenvalue weighted by Gasteiger charge is -2.18. The van der Waals surface area contributed by atoms with Crippen LogP contribution in [0.25, 0.3) is 0 Å². The Bertz CT molecular complexity index is 1430. The monoisotopic (exact) mass is 1000 g/mol. The van der Waals surface area contributed by atoms with E-state index in [0.29, 0.717) is 19.3 Å². The van der Waals surface area contributed by atoms with E-state index >= 15 is 0 Å². The number of hydrogen-bond acceptors (Lipinski definition) is 6. The highest BCUT2D eigenvalue weighted by Gasteiger charge is 2.19. The molecular formula is C66H112O6. The minimum absolute atomic E-state index is 0.0814. The summed E-state index contributed by atoms with van der Waals surface area (Å²) in [4.78, 5) is 38.0. The summed E-state index contributed by atoms with van der Waals surface area (Å²) in [6, 6.07) is 0. The Balaban J connectivity index is 4.19. The molecule has 412 valence electrons. The summed E-state index contributed by atoms with van der Waals surface area (Å²) in [5.74, 6) is -0.899. The maximum absolute atomic E-state index is 12.8. The van der Waals surface area contributed by atoms with Crippen molar-refractivity contribution in [3.05, 3.63) is 97.2 Å². The van der Waals surface area contributed by atoms with E-state index in [9.17, 15) is 14.4 Å². The van der Waals surface area contributed by atoms with Gasteiger partial charge in [0.2, 0.25) is 0 Å². The van der Waals surface area contributed by atoms with E-state index < -0.39 is 6.10 Å². The third kappa shape index (κ3) is 57.2. The van der Waals surface area contributed by atoms with Gasteiger partial charge in [0.1, 0.15) is 13.2 Å². The zero-order valence-corrected chi connectivity index (χ0v) is 47.2. The topological polar surface area (TPSA) is 78.9 Å². The molecule has 0 spiro atoms. The van der Waals surface area contributed by atoms with Gasteiger partial charge in [0.15, 0.2) is 6.10 Å². The van der Waals surface area contributed by atoms with E-state index in [1.165, 1.54) is 135 Å². The van der Waals surface area contributed by atoms with Crippen LogP contribution < -0.4 is 0 Å². The fourth-order valence-electron chi connectivity index (χ4n) is 8.30. The molecule has 72 heavy (non-hydrogen) atoms. The van der Waals surface area contributed by atoms with Crippen LogP contribution in [0.3, 0.4) is 0 Å². The van der Waals surface area contributed by atoms with Gasteiger partial charge in [-0.2, -0.15) is 0 Å². The molecule has 6 nitrogen and oxygen atoms in total. The zero-order valence-electron chi connectivity index (χ0n) is 47.2.